The fourth-order valence-electron chi connectivity index (χ4n) is 1.37. The van der Waals surface area contributed by atoms with Crippen molar-refractivity contribution in [2.45, 2.75) is 19.0 Å². The third-order valence-electron chi connectivity index (χ3n) is 2.52. The highest BCUT2D eigenvalue weighted by Crippen LogP contribution is 2.11. The summed E-state index contributed by atoms with van der Waals surface area (Å²) in [6, 6.07) is 4.72. The topological polar surface area (TPSA) is 113 Å². The number of carboxylic acid groups (broad SMARTS) is 1. The minimum Gasteiger partial charge on any atom is -0.480 e. The van der Waals surface area contributed by atoms with E-state index in [2.05, 4.69) is 5.32 Å². The van der Waals surface area contributed by atoms with E-state index in [1.165, 1.54) is 0 Å². The van der Waals surface area contributed by atoms with Gasteiger partial charge in [-0.2, -0.15) is 0 Å². The van der Waals surface area contributed by atoms with Gasteiger partial charge in [-0.1, -0.05) is 29.8 Å². The van der Waals surface area contributed by atoms with Crippen LogP contribution in [-0.2, 0) is 9.59 Å². The molecule has 6 nitrogen and oxygen atoms in total. The normalized spacial score (nSPS) is 13.7. The molecule has 0 saturated heterocycles. The molecule has 0 aliphatic rings. The standard InChI is InChI=1S/C12H16N2O4/c1-7-2-4-8(5-3-7)10(13)11(16)14-9(6-15)12(17)18/h2-5,9-10,15H,6,13H2,1H3,(H,14,16)(H,17,18). The fraction of sp³-hybridized carbons (Fsp3) is 0.333. The molecular formula is C12H16N2O4. The minimum atomic E-state index is -1.34. The van der Waals surface area contributed by atoms with E-state index in [1.807, 2.05) is 19.1 Å². The number of carboxylic acids is 1. The Morgan fingerprint density at radius 2 is 1.89 bits per heavy atom. The van der Waals surface area contributed by atoms with E-state index in [4.69, 9.17) is 15.9 Å². The second kappa shape index (κ2) is 6.13. The van der Waals surface area contributed by atoms with Crippen molar-refractivity contribution in [3.8, 4) is 0 Å². The Hall–Kier alpha value is -1.92. The highest BCUT2D eigenvalue weighted by molar-refractivity contribution is 5.87. The number of aliphatic hydroxyl groups excluding tert-OH is 1. The maximum Gasteiger partial charge on any atom is 0.328 e. The van der Waals surface area contributed by atoms with Gasteiger partial charge in [0.05, 0.1) is 6.61 Å². The number of aliphatic hydroxyl groups is 1. The van der Waals surface area contributed by atoms with Gasteiger partial charge in [0.15, 0.2) is 0 Å². The fourth-order valence-corrected chi connectivity index (χ4v) is 1.37. The van der Waals surface area contributed by atoms with Crippen molar-refractivity contribution >= 4 is 11.9 Å². The van der Waals surface area contributed by atoms with E-state index in [0.717, 1.165) is 5.56 Å². The van der Waals surface area contributed by atoms with Gasteiger partial charge in [-0.05, 0) is 12.5 Å². The van der Waals surface area contributed by atoms with Crippen molar-refractivity contribution < 1.29 is 19.8 Å². The van der Waals surface area contributed by atoms with Crippen LogP contribution < -0.4 is 11.1 Å². The molecule has 5 N–H and O–H groups in total. The van der Waals surface area contributed by atoms with Crippen LogP contribution in [0.25, 0.3) is 0 Å². The molecule has 0 radical (unpaired) electrons. The number of carbonyl (C=O) groups is 2. The summed E-state index contributed by atoms with van der Waals surface area (Å²) in [5.74, 6) is -1.94. The molecule has 0 aromatic heterocycles. The lowest BCUT2D eigenvalue weighted by Gasteiger charge is -2.16. The smallest absolute Gasteiger partial charge is 0.328 e. The van der Waals surface area contributed by atoms with Gasteiger partial charge in [-0.25, -0.2) is 4.79 Å². The van der Waals surface area contributed by atoms with Gasteiger partial charge < -0.3 is 21.3 Å². The zero-order valence-electron chi connectivity index (χ0n) is 9.96. The zero-order valence-corrected chi connectivity index (χ0v) is 9.96. The molecule has 98 valence electrons. The Kier molecular flexibility index (Phi) is 4.82. The highest BCUT2D eigenvalue weighted by atomic mass is 16.4. The number of benzene rings is 1. The first-order chi connectivity index (χ1) is 8.45. The van der Waals surface area contributed by atoms with E-state index in [0.29, 0.717) is 5.56 Å². The van der Waals surface area contributed by atoms with Crippen molar-refractivity contribution in [1.29, 1.82) is 0 Å². The largest absolute Gasteiger partial charge is 0.480 e. The monoisotopic (exact) mass is 252 g/mol. The van der Waals surface area contributed by atoms with E-state index >= 15 is 0 Å². The number of hydrogen-bond acceptors (Lipinski definition) is 4. The van der Waals surface area contributed by atoms with Crippen molar-refractivity contribution in [2.24, 2.45) is 5.73 Å². The maximum absolute atomic E-state index is 11.7. The lowest BCUT2D eigenvalue weighted by atomic mass is 10.1. The molecule has 1 aromatic carbocycles. The summed E-state index contributed by atoms with van der Waals surface area (Å²) in [6.07, 6.45) is 0. The summed E-state index contributed by atoms with van der Waals surface area (Å²) >= 11 is 0. The van der Waals surface area contributed by atoms with Crippen LogP contribution in [-0.4, -0.2) is 34.7 Å². The van der Waals surface area contributed by atoms with E-state index in [9.17, 15) is 9.59 Å². The maximum atomic E-state index is 11.7. The minimum absolute atomic E-state index is 0.583. The molecular weight excluding hydrogens is 236 g/mol. The van der Waals surface area contributed by atoms with Gasteiger partial charge >= 0.3 is 5.97 Å². The molecule has 1 amide bonds. The molecule has 0 aliphatic heterocycles. The molecule has 2 unspecified atom stereocenters. The van der Waals surface area contributed by atoms with E-state index in [-0.39, 0.29) is 0 Å². The Balaban J connectivity index is 2.72. The zero-order chi connectivity index (χ0) is 13.7. The summed E-state index contributed by atoms with van der Waals surface area (Å²) in [5.41, 5.74) is 7.32. The van der Waals surface area contributed by atoms with Crippen LogP contribution in [0.4, 0.5) is 0 Å². The average molecular weight is 252 g/mol. The first-order valence-corrected chi connectivity index (χ1v) is 5.42. The summed E-state index contributed by atoms with van der Waals surface area (Å²) < 4.78 is 0. The van der Waals surface area contributed by atoms with Crippen LogP contribution >= 0.6 is 0 Å². The Bertz CT molecular complexity index is 430. The second-order valence-electron chi connectivity index (χ2n) is 3.97. The number of carbonyl (C=O) groups excluding carboxylic acids is 1. The Labute approximate surface area is 104 Å². The van der Waals surface area contributed by atoms with Gasteiger partial charge in [0.25, 0.3) is 0 Å². The third-order valence-corrected chi connectivity index (χ3v) is 2.52. The number of rotatable bonds is 5. The molecule has 0 saturated carbocycles. The third kappa shape index (κ3) is 3.54. The highest BCUT2D eigenvalue weighted by Gasteiger charge is 2.23. The molecule has 0 spiro atoms. The molecule has 0 bridgehead atoms. The Morgan fingerprint density at radius 3 is 2.33 bits per heavy atom. The molecule has 2 atom stereocenters. The van der Waals surface area contributed by atoms with Gasteiger partial charge in [-0.3, -0.25) is 4.79 Å². The lowest BCUT2D eigenvalue weighted by Crippen LogP contribution is -2.46. The van der Waals surface area contributed by atoms with Crippen LogP contribution in [0.3, 0.4) is 0 Å². The molecule has 1 aromatic rings. The van der Waals surface area contributed by atoms with Crippen LogP contribution in [0.15, 0.2) is 24.3 Å². The summed E-state index contributed by atoms with van der Waals surface area (Å²) in [6.45, 7) is 1.23. The number of amides is 1. The molecule has 0 fully saturated rings. The number of nitrogens with two attached hydrogens (primary N) is 1. The van der Waals surface area contributed by atoms with Crippen LogP contribution in [0, 0.1) is 6.92 Å². The van der Waals surface area contributed by atoms with Crippen molar-refractivity contribution in [3.05, 3.63) is 35.4 Å². The molecule has 6 heteroatoms. The first kappa shape index (κ1) is 14.1. The summed E-state index contributed by atoms with van der Waals surface area (Å²) in [4.78, 5) is 22.3. The first-order valence-electron chi connectivity index (χ1n) is 5.42. The quantitative estimate of drug-likeness (QED) is 0.567. The molecule has 0 heterocycles. The van der Waals surface area contributed by atoms with Crippen LogP contribution in [0.1, 0.15) is 17.2 Å². The van der Waals surface area contributed by atoms with Crippen molar-refractivity contribution in [1.82, 2.24) is 5.32 Å². The SMILES string of the molecule is Cc1ccc(C(N)C(=O)NC(CO)C(=O)O)cc1. The molecule has 18 heavy (non-hydrogen) atoms. The molecule has 0 aliphatic carbocycles. The lowest BCUT2D eigenvalue weighted by molar-refractivity contribution is -0.143. The molecule has 1 rings (SSSR count). The van der Waals surface area contributed by atoms with Gasteiger partial charge in [0.1, 0.15) is 12.1 Å². The number of hydrogen-bond donors (Lipinski definition) is 4. The van der Waals surface area contributed by atoms with Crippen molar-refractivity contribution in [3.63, 3.8) is 0 Å². The van der Waals surface area contributed by atoms with E-state index in [1.54, 1.807) is 12.1 Å². The van der Waals surface area contributed by atoms with Gasteiger partial charge in [0, 0.05) is 0 Å². The predicted octanol–water partition coefficient (Wildman–Crippen LogP) is -0.443. The van der Waals surface area contributed by atoms with E-state index < -0.39 is 30.6 Å². The van der Waals surface area contributed by atoms with Gasteiger partial charge in [0.2, 0.25) is 5.91 Å². The van der Waals surface area contributed by atoms with Crippen molar-refractivity contribution in [2.75, 3.05) is 6.61 Å². The second-order valence-corrected chi connectivity index (χ2v) is 3.97. The number of nitrogens with one attached hydrogen (secondary N) is 1. The summed E-state index contributed by atoms with van der Waals surface area (Å²) in [5, 5.41) is 19.7. The van der Waals surface area contributed by atoms with Crippen LogP contribution in [0.5, 0.6) is 0 Å². The number of aryl methyl sites for hydroxylation is 1. The van der Waals surface area contributed by atoms with Gasteiger partial charge in [-0.15, -0.1) is 0 Å². The summed E-state index contributed by atoms with van der Waals surface area (Å²) in [7, 11) is 0. The average Bonchev–Trinajstić information content (AvgIpc) is 2.35. The predicted molar refractivity (Wildman–Crippen MR) is 64.8 cm³/mol. The number of aliphatic carboxylic acids is 1. The van der Waals surface area contributed by atoms with Crippen LogP contribution in [0.2, 0.25) is 0 Å². The Morgan fingerprint density at radius 1 is 1.33 bits per heavy atom.